The Morgan fingerprint density at radius 3 is 2.88 bits per heavy atom. The van der Waals surface area contributed by atoms with E-state index in [4.69, 9.17) is 0 Å². The van der Waals surface area contributed by atoms with Gasteiger partial charge in [-0.1, -0.05) is 29.8 Å². The summed E-state index contributed by atoms with van der Waals surface area (Å²) in [7, 11) is 0. The van der Waals surface area contributed by atoms with E-state index in [1.54, 1.807) is 17.0 Å². The Morgan fingerprint density at radius 1 is 1.27 bits per heavy atom. The Bertz CT molecular complexity index is 990. The molecule has 1 aliphatic heterocycles. The topological polar surface area (TPSA) is 55.2 Å². The first-order valence-electron chi connectivity index (χ1n) is 8.92. The molecule has 3 aromatic rings. The second-order valence-electron chi connectivity index (χ2n) is 6.79. The van der Waals surface area contributed by atoms with Gasteiger partial charge in [0.15, 0.2) is 0 Å². The highest BCUT2D eigenvalue weighted by Gasteiger charge is 2.29. The molecular formula is C20H21N3O2S. The van der Waals surface area contributed by atoms with Gasteiger partial charge in [0.2, 0.25) is 5.91 Å². The summed E-state index contributed by atoms with van der Waals surface area (Å²) in [6.45, 7) is 3.22. The molecule has 0 aliphatic carbocycles. The highest BCUT2D eigenvalue weighted by Crippen LogP contribution is 2.32. The molecule has 0 radical (unpaired) electrons. The molecule has 0 saturated carbocycles. The maximum atomic E-state index is 12.8. The molecule has 0 N–H and O–H groups in total. The molecule has 3 heterocycles. The number of fused-ring (bicyclic) bond motifs is 1. The summed E-state index contributed by atoms with van der Waals surface area (Å²) < 4.78 is 1.55. The van der Waals surface area contributed by atoms with E-state index >= 15 is 0 Å². The van der Waals surface area contributed by atoms with Gasteiger partial charge >= 0.3 is 0 Å². The van der Waals surface area contributed by atoms with Crippen molar-refractivity contribution in [3.05, 3.63) is 63.5 Å². The molecule has 1 saturated heterocycles. The molecule has 0 bridgehead atoms. The fourth-order valence-corrected chi connectivity index (χ4v) is 4.34. The zero-order valence-electron chi connectivity index (χ0n) is 14.7. The molecule has 1 aromatic carbocycles. The van der Waals surface area contributed by atoms with Gasteiger partial charge in [-0.25, -0.2) is 4.98 Å². The smallest absolute Gasteiger partial charge is 0.262 e. The summed E-state index contributed by atoms with van der Waals surface area (Å²) in [6.07, 6.45) is 3.89. The Kier molecular flexibility index (Phi) is 4.59. The number of aryl methyl sites for hydroxylation is 2. The van der Waals surface area contributed by atoms with Crippen molar-refractivity contribution in [3.63, 3.8) is 0 Å². The minimum absolute atomic E-state index is 0.0689. The van der Waals surface area contributed by atoms with Gasteiger partial charge in [0.25, 0.3) is 5.56 Å². The van der Waals surface area contributed by atoms with Gasteiger partial charge in [-0.15, -0.1) is 11.3 Å². The third kappa shape index (κ3) is 3.17. The molecule has 5 nitrogen and oxygen atoms in total. The zero-order chi connectivity index (χ0) is 18.1. The van der Waals surface area contributed by atoms with Crippen LogP contribution in [0.1, 0.15) is 36.4 Å². The van der Waals surface area contributed by atoms with E-state index in [0.717, 1.165) is 24.2 Å². The minimum atomic E-state index is -0.0689. The molecule has 134 valence electrons. The summed E-state index contributed by atoms with van der Waals surface area (Å²) in [4.78, 5) is 32.2. The summed E-state index contributed by atoms with van der Waals surface area (Å²) in [5.41, 5.74) is 2.35. The normalized spacial score (nSPS) is 17.1. The van der Waals surface area contributed by atoms with Gasteiger partial charge in [0.1, 0.15) is 4.83 Å². The summed E-state index contributed by atoms with van der Waals surface area (Å²) in [5.74, 6) is 0.102. The largest absolute Gasteiger partial charge is 0.336 e. The molecule has 2 aromatic heterocycles. The van der Waals surface area contributed by atoms with Crippen LogP contribution in [0.3, 0.4) is 0 Å². The van der Waals surface area contributed by atoms with E-state index in [0.29, 0.717) is 18.4 Å². The van der Waals surface area contributed by atoms with Crippen LogP contribution in [0.15, 0.2) is 46.8 Å². The molecule has 6 heteroatoms. The first-order valence-corrected chi connectivity index (χ1v) is 9.80. The lowest BCUT2D eigenvalue weighted by molar-refractivity contribution is -0.132. The number of carbonyl (C=O) groups excluding carboxylic acids is 1. The van der Waals surface area contributed by atoms with Crippen molar-refractivity contribution in [1.29, 1.82) is 0 Å². The lowest BCUT2D eigenvalue weighted by Gasteiger charge is -2.25. The Hall–Kier alpha value is -2.47. The van der Waals surface area contributed by atoms with Crippen LogP contribution in [-0.2, 0) is 11.3 Å². The van der Waals surface area contributed by atoms with Crippen LogP contribution in [0.4, 0.5) is 0 Å². The average Bonchev–Trinajstić information content (AvgIpc) is 3.31. The van der Waals surface area contributed by atoms with Crippen LogP contribution in [0.2, 0.25) is 0 Å². The zero-order valence-corrected chi connectivity index (χ0v) is 15.5. The Balaban J connectivity index is 1.47. The number of carbonyl (C=O) groups is 1. The average molecular weight is 367 g/mol. The number of nitrogens with zero attached hydrogens (tertiary/aromatic N) is 3. The first-order chi connectivity index (χ1) is 12.6. The van der Waals surface area contributed by atoms with Crippen LogP contribution in [0.5, 0.6) is 0 Å². The summed E-state index contributed by atoms with van der Waals surface area (Å²) >= 11 is 1.45. The minimum Gasteiger partial charge on any atom is -0.336 e. The number of benzene rings is 1. The van der Waals surface area contributed by atoms with E-state index in [-0.39, 0.29) is 17.5 Å². The molecule has 4 rings (SSSR count). The fraction of sp³-hybridized carbons (Fsp3) is 0.350. The lowest BCUT2D eigenvalue weighted by Crippen LogP contribution is -2.32. The first kappa shape index (κ1) is 17.0. The van der Waals surface area contributed by atoms with Crippen molar-refractivity contribution in [3.8, 4) is 0 Å². The monoisotopic (exact) mass is 367 g/mol. The van der Waals surface area contributed by atoms with Gasteiger partial charge in [-0.05, 0) is 36.8 Å². The SMILES string of the molecule is Cc1ccc(C2CCCN2C(=O)CCn2cnc3sccc3c2=O)cc1. The number of aromatic nitrogens is 2. The van der Waals surface area contributed by atoms with Gasteiger partial charge in [-0.2, -0.15) is 0 Å². The molecule has 0 spiro atoms. The molecule has 26 heavy (non-hydrogen) atoms. The van der Waals surface area contributed by atoms with Gasteiger partial charge in [-0.3, -0.25) is 14.2 Å². The number of hydrogen-bond acceptors (Lipinski definition) is 4. The highest BCUT2D eigenvalue weighted by molar-refractivity contribution is 7.16. The summed E-state index contributed by atoms with van der Waals surface area (Å²) in [5, 5.41) is 2.49. The van der Waals surface area contributed by atoms with Gasteiger partial charge < -0.3 is 4.90 Å². The summed E-state index contributed by atoms with van der Waals surface area (Å²) in [6, 6.07) is 10.4. The van der Waals surface area contributed by atoms with Crippen molar-refractivity contribution in [2.24, 2.45) is 0 Å². The predicted molar refractivity (Wildman–Crippen MR) is 103 cm³/mol. The fourth-order valence-electron chi connectivity index (χ4n) is 3.61. The van der Waals surface area contributed by atoms with Gasteiger partial charge in [0, 0.05) is 19.5 Å². The quantitative estimate of drug-likeness (QED) is 0.709. The van der Waals surface area contributed by atoms with Crippen LogP contribution < -0.4 is 5.56 Å². The number of rotatable bonds is 4. The van der Waals surface area contributed by atoms with E-state index in [1.807, 2.05) is 10.3 Å². The second-order valence-corrected chi connectivity index (χ2v) is 7.68. The Labute approximate surface area is 155 Å². The van der Waals surface area contributed by atoms with Crippen LogP contribution >= 0.6 is 11.3 Å². The molecule has 1 unspecified atom stereocenters. The van der Waals surface area contributed by atoms with E-state index in [2.05, 4.69) is 36.2 Å². The van der Waals surface area contributed by atoms with E-state index in [9.17, 15) is 9.59 Å². The molecular weight excluding hydrogens is 346 g/mol. The highest BCUT2D eigenvalue weighted by atomic mass is 32.1. The Morgan fingerprint density at radius 2 is 2.08 bits per heavy atom. The molecule has 1 fully saturated rings. The van der Waals surface area contributed by atoms with Crippen molar-refractivity contribution in [2.75, 3.05) is 6.54 Å². The van der Waals surface area contributed by atoms with Crippen molar-refractivity contribution in [2.45, 2.75) is 38.8 Å². The lowest BCUT2D eigenvalue weighted by atomic mass is 10.0. The van der Waals surface area contributed by atoms with Crippen LogP contribution in [0, 0.1) is 6.92 Å². The van der Waals surface area contributed by atoms with Gasteiger partial charge in [0.05, 0.1) is 17.8 Å². The van der Waals surface area contributed by atoms with Crippen molar-refractivity contribution >= 4 is 27.5 Å². The van der Waals surface area contributed by atoms with Crippen molar-refractivity contribution in [1.82, 2.24) is 14.5 Å². The molecule has 1 aliphatic rings. The van der Waals surface area contributed by atoms with Crippen molar-refractivity contribution < 1.29 is 4.79 Å². The number of thiophene rings is 1. The standard InChI is InChI=1S/C20H21N3O2S/c1-14-4-6-15(7-5-14)17-3-2-10-23(17)18(24)8-11-22-13-21-19-16(20(22)25)9-12-26-19/h4-7,9,12-13,17H,2-3,8,10-11H2,1H3. The maximum absolute atomic E-state index is 12.8. The number of hydrogen-bond donors (Lipinski definition) is 0. The van der Waals surface area contributed by atoms with Crippen LogP contribution in [-0.4, -0.2) is 26.9 Å². The predicted octanol–water partition coefficient (Wildman–Crippen LogP) is 3.52. The van der Waals surface area contributed by atoms with Crippen LogP contribution in [0.25, 0.3) is 10.2 Å². The third-order valence-electron chi connectivity index (χ3n) is 5.05. The number of amides is 1. The van der Waals surface area contributed by atoms with E-state index in [1.165, 1.54) is 22.5 Å². The third-order valence-corrected chi connectivity index (χ3v) is 5.87. The van der Waals surface area contributed by atoms with E-state index < -0.39 is 0 Å². The molecule has 1 atom stereocenters. The second kappa shape index (κ2) is 7.03. The molecule has 1 amide bonds. The maximum Gasteiger partial charge on any atom is 0.262 e. The number of likely N-dealkylation sites (tertiary alicyclic amines) is 1.